The predicted molar refractivity (Wildman–Crippen MR) is 281 cm³/mol. The van der Waals surface area contributed by atoms with E-state index in [-0.39, 0.29) is 23.1 Å². The zero-order valence-electron chi connectivity index (χ0n) is 37.6. The normalized spacial score (nSPS) is 14.9. The first kappa shape index (κ1) is 37.3. The summed E-state index contributed by atoms with van der Waals surface area (Å²) >= 11 is 3.91. The number of hydrogen-bond acceptors (Lipinski definition) is 3. The maximum atomic E-state index is 2.74. The molecule has 0 N–H and O–H groups in total. The molecule has 2 nitrogen and oxygen atoms in total. The first-order valence-corrected chi connectivity index (χ1v) is 24.5. The van der Waals surface area contributed by atoms with Crippen molar-refractivity contribution in [3.8, 4) is 27.9 Å². The number of fused-ring (bicyclic) bond motifs is 19. The van der Waals surface area contributed by atoms with Crippen molar-refractivity contribution >= 4 is 114 Å². The predicted octanol–water partition coefficient (Wildman–Crippen LogP) is 15.7. The highest BCUT2D eigenvalue weighted by Crippen LogP contribution is 2.56. The highest BCUT2D eigenvalue weighted by atomic mass is 32.1. The maximum Gasteiger partial charge on any atom is 0.333 e. The summed E-state index contributed by atoms with van der Waals surface area (Å²) in [5.74, 6) is 0. The Balaban J connectivity index is 1.23. The summed E-state index contributed by atoms with van der Waals surface area (Å²) in [4.78, 5) is 2.74. The van der Waals surface area contributed by atoms with Gasteiger partial charge in [0.1, 0.15) is 0 Å². The molecule has 0 amide bonds. The van der Waals surface area contributed by atoms with Crippen LogP contribution in [0.25, 0.3) is 90.1 Å². The third-order valence-electron chi connectivity index (χ3n) is 15.3. The molecule has 64 heavy (non-hydrogen) atoms. The van der Waals surface area contributed by atoms with Gasteiger partial charge in [0, 0.05) is 84.7 Å². The molecule has 0 radical (unpaired) electrons. The van der Waals surface area contributed by atoms with Crippen LogP contribution in [0, 0.1) is 0 Å². The van der Waals surface area contributed by atoms with E-state index < -0.39 is 0 Å². The van der Waals surface area contributed by atoms with Gasteiger partial charge in [-0.15, -0.1) is 22.7 Å². The third-order valence-corrected chi connectivity index (χ3v) is 17.6. The van der Waals surface area contributed by atoms with Crippen LogP contribution >= 0.6 is 22.7 Å². The van der Waals surface area contributed by atoms with Crippen LogP contribution in [0.1, 0.15) is 77.6 Å². The van der Waals surface area contributed by atoms with Gasteiger partial charge in [-0.3, -0.25) is 0 Å². The summed E-state index contributed by atoms with van der Waals surface area (Å²) < 4.78 is 8.12. The van der Waals surface area contributed by atoms with E-state index in [9.17, 15) is 0 Å². The standard InChI is InChI=1S/C59H47BN2S2/c1-57(2,3)32-21-24-34(25-22-32)62-46-29-39-36-16-10-13-19-48(36)63-50(39)30-41(46)53-54-55-51(52-37-17-11-14-20-49(37)64-56(52)53)40-27-33(58(4,5)6)23-26-45(40)61(55)47-31-43-38(28-44(47)60(54)62)35-15-9-12-18-42(35)59(43,7)8/h9-31H,1-8H3. The quantitative estimate of drug-likeness (QED) is 0.149. The topological polar surface area (TPSA) is 8.17 Å². The minimum atomic E-state index is -0.144. The summed E-state index contributed by atoms with van der Waals surface area (Å²) in [6.45, 7) is 18.8. The van der Waals surface area contributed by atoms with Crippen LogP contribution < -0.4 is 15.7 Å². The largest absolute Gasteiger partial charge is 0.376 e. The molecule has 3 aliphatic rings. The fourth-order valence-electron chi connectivity index (χ4n) is 12.1. The summed E-state index contributed by atoms with van der Waals surface area (Å²) in [7, 11) is 0. The second-order valence-corrected chi connectivity index (χ2v) is 23.4. The second kappa shape index (κ2) is 12.1. The Kier molecular flexibility index (Phi) is 7.07. The lowest BCUT2D eigenvalue weighted by Crippen LogP contribution is -2.60. The fourth-order valence-corrected chi connectivity index (χ4v) is 14.5. The molecule has 5 heteroatoms. The van der Waals surface area contributed by atoms with E-state index in [4.69, 9.17) is 0 Å². The van der Waals surface area contributed by atoms with Gasteiger partial charge in [0.15, 0.2) is 0 Å². The molecule has 3 aromatic heterocycles. The Morgan fingerprint density at radius 1 is 0.516 bits per heavy atom. The molecule has 0 atom stereocenters. The lowest BCUT2D eigenvalue weighted by molar-refractivity contribution is 0.590. The second-order valence-electron chi connectivity index (χ2n) is 21.3. The minimum absolute atomic E-state index is 0.00548. The van der Waals surface area contributed by atoms with Gasteiger partial charge < -0.3 is 9.38 Å². The SMILES string of the molecule is CC(C)(C)c1ccc(N2B3c4cc5c(cc4-n4c6ccc(C(C)(C)C)cc6c6c7c(sc8ccccc87)c(c3c64)-c3cc4sc6ccccc6c4cc32)C(C)(C)c2ccccc2-5)cc1. The van der Waals surface area contributed by atoms with Gasteiger partial charge >= 0.3 is 6.85 Å². The van der Waals surface area contributed by atoms with E-state index >= 15 is 0 Å². The van der Waals surface area contributed by atoms with Crippen molar-refractivity contribution in [1.82, 2.24) is 4.57 Å². The summed E-state index contributed by atoms with van der Waals surface area (Å²) in [5, 5.41) is 8.14. The Bertz CT molecular complexity index is 3900. The van der Waals surface area contributed by atoms with Gasteiger partial charge in [-0.05, 0) is 110 Å². The molecule has 5 heterocycles. The average molecular weight is 859 g/mol. The monoisotopic (exact) mass is 858 g/mol. The Hall–Kier alpha value is -6.14. The maximum absolute atomic E-state index is 2.74. The van der Waals surface area contributed by atoms with E-state index in [1.807, 2.05) is 22.7 Å². The van der Waals surface area contributed by atoms with Crippen LogP contribution in [0.3, 0.4) is 0 Å². The van der Waals surface area contributed by atoms with Crippen molar-refractivity contribution in [3.63, 3.8) is 0 Å². The van der Waals surface area contributed by atoms with Crippen molar-refractivity contribution in [2.24, 2.45) is 0 Å². The molecular formula is C59H47BN2S2. The van der Waals surface area contributed by atoms with Crippen LogP contribution in [0.5, 0.6) is 0 Å². The van der Waals surface area contributed by atoms with E-state index in [2.05, 4.69) is 204 Å². The molecule has 0 saturated heterocycles. The van der Waals surface area contributed by atoms with Gasteiger partial charge in [0.05, 0.1) is 11.0 Å². The van der Waals surface area contributed by atoms with Crippen LogP contribution in [-0.4, -0.2) is 11.4 Å². The van der Waals surface area contributed by atoms with Crippen LogP contribution in [0.4, 0.5) is 11.4 Å². The number of aromatic nitrogens is 1. The van der Waals surface area contributed by atoms with Crippen molar-refractivity contribution in [2.45, 2.75) is 71.6 Å². The highest BCUT2D eigenvalue weighted by Gasteiger charge is 2.48. The van der Waals surface area contributed by atoms with Crippen molar-refractivity contribution in [1.29, 1.82) is 0 Å². The van der Waals surface area contributed by atoms with Crippen LogP contribution in [0.15, 0.2) is 140 Å². The molecule has 8 aromatic carbocycles. The molecule has 0 bridgehead atoms. The zero-order valence-corrected chi connectivity index (χ0v) is 39.2. The summed E-state index contributed by atoms with van der Waals surface area (Å²) in [6, 6.07) is 54.6. The van der Waals surface area contributed by atoms with Gasteiger partial charge in [-0.2, -0.15) is 0 Å². The number of hydrogen-bond donors (Lipinski definition) is 0. The smallest absolute Gasteiger partial charge is 0.333 e. The molecule has 1 aliphatic carbocycles. The van der Waals surface area contributed by atoms with Crippen molar-refractivity contribution in [3.05, 3.63) is 162 Å². The van der Waals surface area contributed by atoms with Gasteiger partial charge in [0.25, 0.3) is 0 Å². The van der Waals surface area contributed by atoms with E-state index in [1.165, 1.54) is 135 Å². The highest BCUT2D eigenvalue weighted by molar-refractivity contribution is 7.27. The summed E-state index contributed by atoms with van der Waals surface area (Å²) in [6.07, 6.45) is 0. The first-order chi connectivity index (χ1) is 30.8. The van der Waals surface area contributed by atoms with Crippen LogP contribution in [0.2, 0.25) is 0 Å². The van der Waals surface area contributed by atoms with Crippen molar-refractivity contribution in [2.75, 3.05) is 4.81 Å². The summed E-state index contributed by atoms with van der Waals surface area (Å²) in [5.41, 5.74) is 20.1. The average Bonchev–Trinajstić information content (AvgIpc) is 4.00. The van der Waals surface area contributed by atoms with Gasteiger partial charge in [-0.1, -0.05) is 140 Å². The Morgan fingerprint density at radius 2 is 1.20 bits per heavy atom. The first-order valence-electron chi connectivity index (χ1n) is 22.9. The van der Waals surface area contributed by atoms with E-state index in [1.54, 1.807) is 0 Å². The molecule has 0 spiro atoms. The number of thiophene rings is 2. The number of benzene rings is 8. The van der Waals surface area contributed by atoms with E-state index in [0.717, 1.165) is 0 Å². The zero-order chi connectivity index (χ0) is 43.3. The lowest BCUT2D eigenvalue weighted by atomic mass is 9.43. The fraction of sp³-hybridized carbons (Fsp3) is 0.186. The Morgan fingerprint density at radius 3 is 1.97 bits per heavy atom. The molecule has 11 aromatic rings. The van der Waals surface area contributed by atoms with Crippen LogP contribution in [-0.2, 0) is 16.2 Å². The minimum Gasteiger partial charge on any atom is -0.376 e. The molecule has 0 saturated carbocycles. The van der Waals surface area contributed by atoms with Crippen molar-refractivity contribution < 1.29 is 0 Å². The molecular weight excluding hydrogens is 812 g/mol. The molecule has 2 aliphatic heterocycles. The molecule has 0 unspecified atom stereocenters. The molecule has 0 fully saturated rings. The van der Waals surface area contributed by atoms with E-state index in [0.29, 0.717) is 0 Å². The lowest BCUT2D eigenvalue weighted by Gasteiger charge is -2.42. The molecule has 308 valence electrons. The number of nitrogens with zero attached hydrogens (tertiary/aromatic N) is 2. The Labute approximate surface area is 382 Å². The number of anilines is 2. The van der Waals surface area contributed by atoms with Gasteiger partial charge in [-0.25, -0.2) is 0 Å². The van der Waals surface area contributed by atoms with Gasteiger partial charge in [0.2, 0.25) is 0 Å². The number of rotatable bonds is 1. The third kappa shape index (κ3) is 4.66. The molecule has 14 rings (SSSR count).